The third-order valence-electron chi connectivity index (χ3n) is 9.45. The van der Waals surface area contributed by atoms with E-state index in [1.165, 1.54) is 0 Å². The van der Waals surface area contributed by atoms with Crippen LogP contribution in [0.4, 0.5) is 20.1 Å². The van der Waals surface area contributed by atoms with E-state index in [-0.39, 0.29) is 43.9 Å². The van der Waals surface area contributed by atoms with Gasteiger partial charge < -0.3 is 46.5 Å². The molecule has 59 heavy (non-hydrogen) atoms. The molecule has 0 spiro atoms. The fourth-order valence-electron chi connectivity index (χ4n) is 6.65. The molecule has 15 heteroatoms. The molecule has 0 radical (unpaired) electrons. The summed E-state index contributed by atoms with van der Waals surface area (Å²) in [7, 11) is 0. The average molecular weight is 815 g/mol. The van der Waals surface area contributed by atoms with Crippen molar-refractivity contribution in [3.8, 4) is 11.1 Å². The number of primary amides is 1. The first kappa shape index (κ1) is 45.6. The second-order valence-electron chi connectivity index (χ2n) is 16.3. The molecule has 1 aliphatic carbocycles. The quantitative estimate of drug-likeness (QED) is 0.0496. The Bertz CT molecular complexity index is 1900. The zero-order valence-electron chi connectivity index (χ0n) is 34.9. The molecule has 0 saturated heterocycles. The molecule has 3 aromatic rings. The van der Waals surface area contributed by atoms with Gasteiger partial charge in [-0.3, -0.25) is 9.59 Å². The van der Waals surface area contributed by atoms with Crippen molar-refractivity contribution in [1.29, 1.82) is 0 Å². The summed E-state index contributed by atoms with van der Waals surface area (Å²) in [5.74, 6) is -2.11. The molecule has 0 bridgehead atoms. The van der Waals surface area contributed by atoms with Crippen molar-refractivity contribution in [3.63, 3.8) is 0 Å². The Morgan fingerprint density at radius 1 is 0.729 bits per heavy atom. The molecule has 1 aliphatic rings. The molecule has 0 aromatic heterocycles. The van der Waals surface area contributed by atoms with Crippen LogP contribution in [0, 0.1) is 11.8 Å². The van der Waals surface area contributed by atoms with Crippen molar-refractivity contribution in [1.82, 2.24) is 21.3 Å². The summed E-state index contributed by atoms with van der Waals surface area (Å²) in [5.41, 5.74) is 9.77. The molecule has 0 saturated carbocycles. The largest absolute Gasteiger partial charge is 0.458 e. The van der Waals surface area contributed by atoms with Gasteiger partial charge in [-0.25, -0.2) is 19.2 Å². The van der Waals surface area contributed by atoms with Crippen molar-refractivity contribution in [2.75, 3.05) is 18.5 Å². The molecule has 3 unspecified atom stereocenters. The molecule has 0 heterocycles. The number of carbonyl (C=O) groups is 6. The predicted molar refractivity (Wildman–Crippen MR) is 223 cm³/mol. The number of alkyl carbamates (subject to hydrolysis) is 2. The molecule has 4 rings (SSSR count). The molecule has 0 fully saturated rings. The zero-order chi connectivity index (χ0) is 43.3. The van der Waals surface area contributed by atoms with Gasteiger partial charge in [0.25, 0.3) is 0 Å². The summed E-state index contributed by atoms with van der Waals surface area (Å²) >= 11 is 0. The Kier molecular flexibility index (Phi) is 16.3. The fourth-order valence-corrected chi connectivity index (χ4v) is 6.65. The number of benzene rings is 3. The molecule has 15 nitrogen and oxygen atoms in total. The first-order valence-electron chi connectivity index (χ1n) is 19.9. The minimum atomic E-state index is -1.06. The Morgan fingerprint density at radius 2 is 1.32 bits per heavy atom. The van der Waals surface area contributed by atoms with Crippen LogP contribution in [0.15, 0.2) is 72.8 Å². The first-order chi connectivity index (χ1) is 27.9. The lowest BCUT2D eigenvalue weighted by Crippen LogP contribution is -2.54. The molecule has 0 aliphatic heterocycles. The van der Waals surface area contributed by atoms with E-state index in [1.54, 1.807) is 58.9 Å². The van der Waals surface area contributed by atoms with Gasteiger partial charge in [0.2, 0.25) is 11.8 Å². The summed E-state index contributed by atoms with van der Waals surface area (Å²) < 4.78 is 16.5. The lowest BCUT2D eigenvalue weighted by atomic mass is 9.98. The number of nitrogens with one attached hydrogen (secondary N) is 5. The van der Waals surface area contributed by atoms with Crippen LogP contribution < -0.4 is 32.3 Å². The number of amides is 6. The van der Waals surface area contributed by atoms with Gasteiger partial charge in [-0.15, -0.1) is 0 Å². The van der Waals surface area contributed by atoms with E-state index in [0.29, 0.717) is 24.1 Å². The number of esters is 1. The van der Waals surface area contributed by atoms with Crippen molar-refractivity contribution < 1.29 is 43.0 Å². The van der Waals surface area contributed by atoms with Crippen LogP contribution in [-0.4, -0.2) is 72.9 Å². The number of anilines is 1. The lowest BCUT2D eigenvalue weighted by molar-refractivity contribution is -0.157. The topological polar surface area (TPSA) is 216 Å². The number of nitrogens with two attached hydrogens (primary N) is 1. The third kappa shape index (κ3) is 14.0. The van der Waals surface area contributed by atoms with Gasteiger partial charge >= 0.3 is 24.2 Å². The summed E-state index contributed by atoms with van der Waals surface area (Å²) in [4.78, 5) is 77.0. The zero-order valence-corrected chi connectivity index (χ0v) is 34.9. The van der Waals surface area contributed by atoms with Crippen LogP contribution in [0.5, 0.6) is 0 Å². The second-order valence-corrected chi connectivity index (χ2v) is 16.3. The maximum Gasteiger partial charge on any atom is 0.408 e. The van der Waals surface area contributed by atoms with Crippen molar-refractivity contribution in [2.45, 2.75) is 104 Å². The van der Waals surface area contributed by atoms with Crippen molar-refractivity contribution in [2.24, 2.45) is 17.6 Å². The maximum absolute atomic E-state index is 13.7. The highest BCUT2D eigenvalue weighted by Crippen LogP contribution is 2.44. The summed E-state index contributed by atoms with van der Waals surface area (Å²) in [5, 5.41) is 13.3. The van der Waals surface area contributed by atoms with Gasteiger partial charge in [0.15, 0.2) is 0 Å². The van der Waals surface area contributed by atoms with Crippen LogP contribution in [0.3, 0.4) is 0 Å². The van der Waals surface area contributed by atoms with Gasteiger partial charge in [-0.2, -0.15) is 0 Å². The average Bonchev–Trinajstić information content (AvgIpc) is 3.49. The van der Waals surface area contributed by atoms with Crippen LogP contribution >= 0.6 is 0 Å². The highest BCUT2D eigenvalue weighted by Gasteiger charge is 2.32. The van der Waals surface area contributed by atoms with Crippen LogP contribution in [0.25, 0.3) is 11.1 Å². The normalized spacial score (nSPS) is 13.6. The highest BCUT2D eigenvalue weighted by atomic mass is 16.6. The van der Waals surface area contributed by atoms with Gasteiger partial charge in [0.1, 0.15) is 36.9 Å². The predicted octanol–water partition coefficient (Wildman–Crippen LogP) is 6.10. The monoisotopic (exact) mass is 814 g/mol. The van der Waals surface area contributed by atoms with Gasteiger partial charge in [0.05, 0.1) is 0 Å². The molecule has 7 N–H and O–H groups in total. The number of ether oxygens (including phenoxy) is 3. The summed E-state index contributed by atoms with van der Waals surface area (Å²) in [6.07, 6.45) is -0.745. The number of rotatable bonds is 18. The van der Waals surface area contributed by atoms with E-state index in [1.807, 2.05) is 62.4 Å². The minimum absolute atomic E-state index is 0.0646. The number of urea groups is 1. The lowest BCUT2D eigenvalue weighted by Gasteiger charge is -2.25. The molecular formula is C44H58N6O9. The summed E-state index contributed by atoms with van der Waals surface area (Å²) in [6.45, 7) is 12.8. The Hall–Kier alpha value is -6.12. The SMILES string of the molecule is CC(C)CC(NC(=O)OCc1ccc(NC(=O)C(CCCNC(N)=O)NC(=O)C(NC(=O)OCC2c3ccccc3-c3ccccc32)C(C)C)cc1)C(=O)OC(C)(C)C. The number of fused-ring (bicyclic) bond motifs is 3. The Balaban J connectivity index is 1.35. The standard InChI is InChI=1S/C44H58N6O9/c1-26(2)23-36(40(53)59-44(5,6)7)49-42(55)57-24-28-18-20-29(21-19-28)47-38(51)35(17-12-22-46-41(45)54)48-39(52)37(27(3)4)50-43(56)58-25-34-32-15-10-8-13-30(32)31-14-9-11-16-33(31)34/h8-11,13-16,18-21,26-27,34-37H,12,17,22-25H2,1-7H3,(H,47,51)(H,48,52)(H,49,55)(H,50,56)(H3,45,46,54). The van der Waals surface area contributed by atoms with Gasteiger partial charge in [-0.05, 0) is 91.8 Å². The molecular weight excluding hydrogens is 757 g/mol. The van der Waals surface area contributed by atoms with Crippen LogP contribution in [0.2, 0.25) is 0 Å². The number of hydrogen-bond acceptors (Lipinski definition) is 9. The molecule has 3 atom stereocenters. The van der Waals surface area contributed by atoms with E-state index in [9.17, 15) is 28.8 Å². The van der Waals surface area contributed by atoms with E-state index < -0.39 is 59.7 Å². The second kappa shape index (κ2) is 21.0. The number of carbonyl (C=O) groups excluding carboxylic acids is 6. The Morgan fingerprint density at radius 3 is 1.88 bits per heavy atom. The van der Waals surface area contributed by atoms with E-state index in [2.05, 4.69) is 26.6 Å². The van der Waals surface area contributed by atoms with Crippen LogP contribution in [0.1, 0.15) is 90.3 Å². The minimum Gasteiger partial charge on any atom is -0.458 e. The molecule has 6 amide bonds. The van der Waals surface area contributed by atoms with Crippen molar-refractivity contribution >= 4 is 41.7 Å². The summed E-state index contributed by atoms with van der Waals surface area (Å²) in [6, 6.07) is 18.8. The Labute approximate surface area is 345 Å². The molecule has 318 valence electrons. The van der Waals surface area contributed by atoms with Gasteiger partial charge in [0, 0.05) is 18.2 Å². The van der Waals surface area contributed by atoms with E-state index in [0.717, 1.165) is 22.3 Å². The number of hydrogen-bond donors (Lipinski definition) is 6. The van der Waals surface area contributed by atoms with Crippen molar-refractivity contribution in [3.05, 3.63) is 89.5 Å². The van der Waals surface area contributed by atoms with Gasteiger partial charge in [-0.1, -0.05) is 88.4 Å². The third-order valence-corrected chi connectivity index (χ3v) is 9.45. The fraction of sp³-hybridized carbons (Fsp3) is 0.455. The smallest absolute Gasteiger partial charge is 0.408 e. The molecule has 3 aromatic carbocycles. The van der Waals surface area contributed by atoms with E-state index in [4.69, 9.17) is 19.9 Å². The van der Waals surface area contributed by atoms with E-state index >= 15 is 0 Å². The highest BCUT2D eigenvalue weighted by molar-refractivity contribution is 5.98. The van der Waals surface area contributed by atoms with Crippen LogP contribution in [-0.2, 0) is 35.2 Å². The maximum atomic E-state index is 13.7. The first-order valence-corrected chi connectivity index (χ1v) is 19.9.